The molecule has 0 amide bonds. The summed E-state index contributed by atoms with van der Waals surface area (Å²) in [4.78, 5) is 2.92. The van der Waals surface area contributed by atoms with Gasteiger partial charge in [0.25, 0.3) is 0 Å². The lowest BCUT2D eigenvalue weighted by Gasteiger charge is -2.11. The summed E-state index contributed by atoms with van der Waals surface area (Å²) >= 11 is 5.69. The summed E-state index contributed by atoms with van der Waals surface area (Å²) in [6.45, 7) is -0.325. The third kappa shape index (κ3) is 5.26. The SMILES string of the molecule is O=S(=O)(NCCNc1ncc(C(F)(F)F)cc1Cl)c1cc(F)cc(F)c1. The Morgan fingerprint density at radius 2 is 1.65 bits per heavy atom. The van der Waals surface area contributed by atoms with Gasteiger partial charge in [0.05, 0.1) is 15.5 Å². The number of nitrogens with one attached hydrogen (secondary N) is 2. The molecule has 1 aromatic carbocycles. The van der Waals surface area contributed by atoms with E-state index in [9.17, 15) is 30.4 Å². The van der Waals surface area contributed by atoms with Gasteiger partial charge in [-0.25, -0.2) is 26.9 Å². The van der Waals surface area contributed by atoms with Crippen LogP contribution in [0.15, 0.2) is 35.4 Å². The zero-order chi connectivity index (χ0) is 19.5. The summed E-state index contributed by atoms with van der Waals surface area (Å²) in [5, 5.41) is 2.26. The molecule has 0 radical (unpaired) electrons. The van der Waals surface area contributed by atoms with E-state index in [-0.39, 0.29) is 23.9 Å². The van der Waals surface area contributed by atoms with Crippen LogP contribution in [0, 0.1) is 11.6 Å². The molecule has 2 rings (SSSR count). The van der Waals surface area contributed by atoms with Crippen molar-refractivity contribution in [3.05, 3.63) is 52.7 Å². The van der Waals surface area contributed by atoms with Crippen molar-refractivity contribution < 1.29 is 30.4 Å². The van der Waals surface area contributed by atoms with E-state index in [1.165, 1.54) is 0 Å². The van der Waals surface area contributed by atoms with Gasteiger partial charge >= 0.3 is 6.18 Å². The molecule has 0 atom stereocenters. The van der Waals surface area contributed by atoms with Gasteiger partial charge in [-0.15, -0.1) is 0 Å². The van der Waals surface area contributed by atoms with Crippen LogP contribution in [0.1, 0.15) is 5.56 Å². The molecule has 142 valence electrons. The molecule has 0 fully saturated rings. The largest absolute Gasteiger partial charge is 0.417 e. The average molecular weight is 416 g/mol. The minimum atomic E-state index is -4.59. The van der Waals surface area contributed by atoms with Crippen LogP contribution in [0.2, 0.25) is 5.02 Å². The number of nitrogens with zero attached hydrogens (tertiary/aromatic N) is 1. The number of benzene rings is 1. The maximum Gasteiger partial charge on any atom is 0.417 e. The maximum atomic E-state index is 13.1. The highest BCUT2D eigenvalue weighted by molar-refractivity contribution is 7.89. The van der Waals surface area contributed by atoms with E-state index in [0.29, 0.717) is 30.5 Å². The molecule has 0 saturated carbocycles. The molecule has 0 unspecified atom stereocenters. The van der Waals surface area contributed by atoms with Crippen LogP contribution in [-0.2, 0) is 16.2 Å². The Kier molecular flexibility index (Phi) is 6.04. The zero-order valence-corrected chi connectivity index (χ0v) is 14.3. The van der Waals surface area contributed by atoms with Gasteiger partial charge in [0.1, 0.15) is 17.5 Å². The second kappa shape index (κ2) is 7.72. The molecular formula is C14H11ClF5N3O2S. The summed E-state index contributed by atoms with van der Waals surface area (Å²) in [5.41, 5.74) is -1.03. The Hall–Kier alpha value is -1.98. The quantitative estimate of drug-likeness (QED) is 0.560. The molecule has 2 N–H and O–H groups in total. The lowest BCUT2D eigenvalue weighted by molar-refractivity contribution is -0.137. The minimum absolute atomic E-state index is 0.0735. The number of rotatable bonds is 6. The number of alkyl halides is 3. The van der Waals surface area contributed by atoms with Crippen molar-refractivity contribution >= 4 is 27.4 Å². The number of hydrogen-bond donors (Lipinski definition) is 2. The van der Waals surface area contributed by atoms with Crippen LogP contribution in [0.5, 0.6) is 0 Å². The lowest BCUT2D eigenvalue weighted by atomic mass is 10.3. The Bertz CT molecular complexity index is 886. The lowest BCUT2D eigenvalue weighted by Crippen LogP contribution is -2.29. The minimum Gasteiger partial charge on any atom is -0.368 e. The number of sulfonamides is 1. The molecule has 0 spiro atoms. The Morgan fingerprint density at radius 1 is 1.04 bits per heavy atom. The van der Waals surface area contributed by atoms with Crippen molar-refractivity contribution in [2.75, 3.05) is 18.4 Å². The first-order chi connectivity index (χ1) is 12.0. The van der Waals surface area contributed by atoms with Gasteiger partial charge in [0.2, 0.25) is 10.0 Å². The van der Waals surface area contributed by atoms with Crippen molar-refractivity contribution in [1.82, 2.24) is 9.71 Å². The van der Waals surface area contributed by atoms with Crippen molar-refractivity contribution in [3.63, 3.8) is 0 Å². The standard InChI is InChI=1S/C14H11ClF5N3O2S/c15-12-3-8(14(18,19)20)7-22-13(12)21-1-2-23-26(24,25)11-5-9(16)4-10(17)6-11/h3-7,23H,1-2H2,(H,21,22). The van der Waals surface area contributed by atoms with E-state index in [0.717, 1.165) is 0 Å². The van der Waals surface area contributed by atoms with Crippen LogP contribution in [-0.4, -0.2) is 26.5 Å². The van der Waals surface area contributed by atoms with Crippen molar-refractivity contribution in [2.24, 2.45) is 0 Å². The predicted molar refractivity (Wildman–Crippen MR) is 84.3 cm³/mol. The van der Waals surface area contributed by atoms with Crippen LogP contribution in [0.25, 0.3) is 0 Å². The van der Waals surface area contributed by atoms with E-state index in [1.54, 1.807) is 0 Å². The Labute approximate surface area is 150 Å². The van der Waals surface area contributed by atoms with Crippen molar-refractivity contribution in [1.29, 1.82) is 0 Å². The van der Waals surface area contributed by atoms with E-state index in [1.807, 2.05) is 0 Å². The van der Waals surface area contributed by atoms with Gasteiger partial charge in [0.15, 0.2) is 0 Å². The third-order valence-corrected chi connectivity index (χ3v) is 4.75. The topological polar surface area (TPSA) is 71.1 Å². The fraction of sp³-hybridized carbons (Fsp3) is 0.214. The van der Waals surface area contributed by atoms with Gasteiger partial charge in [-0.1, -0.05) is 11.6 Å². The van der Waals surface area contributed by atoms with Gasteiger partial charge < -0.3 is 5.32 Å². The van der Waals surface area contributed by atoms with Gasteiger partial charge in [-0.05, 0) is 18.2 Å². The molecule has 0 aliphatic heterocycles. The summed E-state index contributed by atoms with van der Waals surface area (Å²) in [5.74, 6) is -2.18. The molecule has 5 nitrogen and oxygen atoms in total. The number of aromatic nitrogens is 1. The maximum absolute atomic E-state index is 13.1. The normalized spacial score (nSPS) is 12.2. The van der Waals surface area contributed by atoms with E-state index >= 15 is 0 Å². The first-order valence-corrected chi connectivity index (χ1v) is 8.77. The molecule has 0 aliphatic carbocycles. The number of pyridine rings is 1. The van der Waals surface area contributed by atoms with E-state index in [2.05, 4.69) is 15.0 Å². The fourth-order valence-electron chi connectivity index (χ4n) is 1.86. The van der Waals surface area contributed by atoms with Gasteiger partial charge in [0, 0.05) is 25.4 Å². The fourth-order valence-corrected chi connectivity index (χ4v) is 3.16. The van der Waals surface area contributed by atoms with Crippen molar-refractivity contribution in [3.8, 4) is 0 Å². The highest BCUT2D eigenvalue weighted by Crippen LogP contribution is 2.32. The van der Waals surface area contributed by atoms with Crippen LogP contribution < -0.4 is 10.0 Å². The molecular weight excluding hydrogens is 405 g/mol. The molecule has 0 aliphatic rings. The van der Waals surface area contributed by atoms with E-state index < -0.39 is 38.3 Å². The van der Waals surface area contributed by atoms with Gasteiger partial charge in [-0.2, -0.15) is 13.2 Å². The molecule has 2 aromatic rings. The third-order valence-electron chi connectivity index (χ3n) is 3.02. The number of halogens is 6. The Morgan fingerprint density at radius 3 is 2.19 bits per heavy atom. The summed E-state index contributed by atoms with van der Waals surface area (Å²) in [7, 11) is -4.17. The smallest absolute Gasteiger partial charge is 0.368 e. The second-order valence-corrected chi connectivity index (χ2v) is 7.16. The second-order valence-electron chi connectivity index (χ2n) is 4.98. The summed E-state index contributed by atoms with van der Waals surface area (Å²) < 4.78 is 89.6. The van der Waals surface area contributed by atoms with E-state index in [4.69, 9.17) is 11.6 Å². The highest BCUT2D eigenvalue weighted by atomic mass is 35.5. The molecule has 12 heteroatoms. The molecule has 0 saturated heterocycles. The molecule has 26 heavy (non-hydrogen) atoms. The zero-order valence-electron chi connectivity index (χ0n) is 12.7. The average Bonchev–Trinajstić information content (AvgIpc) is 2.50. The molecule has 1 heterocycles. The highest BCUT2D eigenvalue weighted by Gasteiger charge is 2.31. The number of hydrogen-bond acceptors (Lipinski definition) is 4. The Balaban J connectivity index is 1.96. The summed E-state index contributed by atoms with van der Waals surface area (Å²) in [6.07, 6.45) is -4.01. The molecule has 0 bridgehead atoms. The van der Waals surface area contributed by atoms with Gasteiger partial charge in [-0.3, -0.25) is 0 Å². The van der Waals surface area contributed by atoms with Crippen LogP contribution in [0.4, 0.5) is 27.8 Å². The van der Waals surface area contributed by atoms with Crippen molar-refractivity contribution in [2.45, 2.75) is 11.1 Å². The first-order valence-electron chi connectivity index (χ1n) is 6.91. The molecule has 1 aromatic heterocycles. The first kappa shape index (κ1) is 20.3. The van der Waals surface area contributed by atoms with Crippen LogP contribution >= 0.6 is 11.6 Å². The number of anilines is 1. The monoisotopic (exact) mass is 415 g/mol. The van der Waals surface area contributed by atoms with Crippen LogP contribution in [0.3, 0.4) is 0 Å². The predicted octanol–water partition coefficient (Wildman–Crippen LogP) is 3.42. The summed E-state index contributed by atoms with van der Waals surface area (Å²) in [6, 6.07) is 2.50.